The zero-order valence-corrected chi connectivity index (χ0v) is 13.2. The predicted molar refractivity (Wildman–Crippen MR) is 83.9 cm³/mol. The summed E-state index contributed by atoms with van der Waals surface area (Å²) in [5, 5.41) is 7.95. The van der Waals surface area contributed by atoms with Gasteiger partial charge in [-0.1, -0.05) is 24.5 Å². The minimum atomic E-state index is -3.04. The highest BCUT2D eigenvalue weighted by molar-refractivity contribution is 7.92. The van der Waals surface area contributed by atoms with Gasteiger partial charge < -0.3 is 0 Å². The summed E-state index contributed by atoms with van der Waals surface area (Å²) in [5.41, 5.74) is 1.66. The number of sulfone groups is 1. The molecule has 7 heteroatoms. The first kappa shape index (κ1) is 15.1. The minimum Gasteiger partial charge on any atom is -0.265 e. The van der Waals surface area contributed by atoms with Gasteiger partial charge in [0.1, 0.15) is 5.69 Å². The normalized spacial score (nSPS) is 16.7. The van der Waals surface area contributed by atoms with E-state index in [-0.39, 0.29) is 11.0 Å². The van der Waals surface area contributed by atoms with E-state index in [1.165, 1.54) is 0 Å². The van der Waals surface area contributed by atoms with Crippen LogP contribution in [0.3, 0.4) is 0 Å². The van der Waals surface area contributed by atoms with E-state index in [2.05, 4.69) is 15.3 Å². The molecule has 22 heavy (non-hydrogen) atoms. The second-order valence-corrected chi connectivity index (χ2v) is 8.13. The minimum absolute atomic E-state index is 0.136. The van der Waals surface area contributed by atoms with E-state index < -0.39 is 9.84 Å². The molecule has 118 valence electrons. The Hall–Kier alpha value is -1.76. The van der Waals surface area contributed by atoms with Gasteiger partial charge in [0.2, 0.25) is 0 Å². The molecule has 1 aliphatic carbocycles. The Bertz CT molecular complexity index is 706. The first-order chi connectivity index (χ1) is 10.6. The zero-order chi connectivity index (χ0) is 15.4. The molecule has 6 nitrogen and oxygen atoms in total. The summed E-state index contributed by atoms with van der Waals surface area (Å²) in [6, 6.07) is 3.71. The summed E-state index contributed by atoms with van der Waals surface area (Å²) in [7, 11) is -3.04. The Kier molecular flexibility index (Phi) is 4.52. The lowest BCUT2D eigenvalue weighted by molar-refractivity contribution is 0.480. The SMILES string of the molecule is O=S(=O)(CCn1cc(-c2ccncc2)nn1)C1CCCCC1. The van der Waals surface area contributed by atoms with Gasteiger partial charge in [-0.2, -0.15) is 0 Å². The molecule has 0 aliphatic heterocycles. The van der Waals surface area contributed by atoms with Crippen LogP contribution in [-0.4, -0.2) is 39.4 Å². The van der Waals surface area contributed by atoms with E-state index in [1.807, 2.05) is 12.1 Å². The summed E-state index contributed by atoms with van der Waals surface area (Å²) in [6.45, 7) is 0.358. The number of hydrogen-bond donors (Lipinski definition) is 0. The van der Waals surface area contributed by atoms with Crippen LogP contribution in [0.4, 0.5) is 0 Å². The van der Waals surface area contributed by atoms with Crippen molar-refractivity contribution in [2.45, 2.75) is 43.9 Å². The van der Waals surface area contributed by atoms with Gasteiger partial charge in [-0.15, -0.1) is 5.10 Å². The molecule has 0 N–H and O–H groups in total. The third-order valence-electron chi connectivity index (χ3n) is 4.18. The van der Waals surface area contributed by atoms with Gasteiger partial charge in [0.05, 0.1) is 23.7 Å². The second kappa shape index (κ2) is 6.56. The van der Waals surface area contributed by atoms with Gasteiger partial charge in [0.15, 0.2) is 9.84 Å². The van der Waals surface area contributed by atoms with Crippen molar-refractivity contribution < 1.29 is 8.42 Å². The van der Waals surface area contributed by atoms with Crippen LogP contribution in [0.5, 0.6) is 0 Å². The van der Waals surface area contributed by atoms with E-state index in [9.17, 15) is 8.42 Å². The molecule has 2 aromatic heterocycles. The molecule has 1 aliphatic rings. The second-order valence-electron chi connectivity index (χ2n) is 5.73. The van der Waals surface area contributed by atoms with Crippen LogP contribution < -0.4 is 0 Å². The number of aromatic nitrogens is 4. The third kappa shape index (κ3) is 3.52. The van der Waals surface area contributed by atoms with Crippen LogP contribution in [0.15, 0.2) is 30.7 Å². The molecule has 0 radical (unpaired) electrons. The molecular weight excluding hydrogens is 300 g/mol. The van der Waals surface area contributed by atoms with Gasteiger partial charge in [0.25, 0.3) is 0 Å². The Morgan fingerprint density at radius 1 is 1.14 bits per heavy atom. The van der Waals surface area contributed by atoms with Crippen LogP contribution in [0.25, 0.3) is 11.3 Å². The summed E-state index contributed by atoms with van der Waals surface area (Å²) < 4.78 is 26.3. The summed E-state index contributed by atoms with van der Waals surface area (Å²) in [6.07, 6.45) is 10.0. The number of aryl methyl sites for hydroxylation is 1. The summed E-state index contributed by atoms with van der Waals surface area (Å²) >= 11 is 0. The maximum atomic E-state index is 12.4. The molecule has 2 heterocycles. The van der Waals surface area contributed by atoms with Crippen LogP contribution >= 0.6 is 0 Å². The fourth-order valence-corrected chi connectivity index (χ4v) is 4.70. The number of nitrogens with zero attached hydrogens (tertiary/aromatic N) is 4. The Balaban J connectivity index is 1.63. The molecule has 0 amide bonds. The largest absolute Gasteiger partial charge is 0.265 e. The van der Waals surface area contributed by atoms with Crippen molar-refractivity contribution in [3.63, 3.8) is 0 Å². The highest BCUT2D eigenvalue weighted by Crippen LogP contribution is 2.24. The predicted octanol–water partition coefficient (Wildman–Crippen LogP) is 2.09. The van der Waals surface area contributed by atoms with Crippen molar-refractivity contribution in [1.82, 2.24) is 20.0 Å². The van der Waals surface area contributed by atoms with Crippen LogP contribution in [0.1, 0.15) is 32.1 Å². The fourth-order valence-electron chi connectivity index (χ4n) is 2.87. The molecule has 0 unspecified atom stereocenters. The fraction of sp³-hybridized carbons (Fsp3) is 0.533. The highest BCUT2D eigenvalue weighted by atomic mass is 32.2. The molecule has 0 aromatic carbocycles. The lowest BCUT2D eigenvalue weighted by Crippen LogP contribution is -2.28. The molecule has 1 fully saturated rings. The molecule has 0 saturated heterocycles. The summed E-state index contributed by atoms with van der Waals surface area (Å²) in [4.78, 5) is 3.96. The number of hydrogen-bond acceptors (Lipinski definition) is 5. The Morgan fingerprint density at radius 2 is 1.86 bits per heavy atom. The van der Waals surface area contributed by atoms with Gasteiger partial charge in [-0.3, -0.25) is 9.67 Å². The van der Waals surface area contributed by atoms with Crippen LogP contribution in [-0.2, 0) is 16.4 Å². The molecule has 1 saturated carbocycles. The number of pyridine rings is 1. The molecule has 0 bridgehead atoms. The van der Waals surface area contributed by atoms with Crippen molar-refractivity contribution in [1.29, 1.82) is 0 Å². The van der Waals surface area contributed by atoms with E-state index in [0.717, 1.165) is 43.4 Å². The van der Waals surface area contributed by atoms with Crippen LogP contribution in [0, 0.1) is 0 Å². The smallest absolute Gasteiger partial charge is 0.154 e. The molecule has 3 rings (SSSR count). The molecule has 0 atom stereocenters. The first-order valence-electron chi connectivity index (χ1n) is 7.67. The standard InChI is InChI=1S/C15H20N4O2S/c20-22(21,14-4-2-1-3-5-14)11-10-19-12-15(17-18-19)13-6-8-16-9-7-13/h6-9,12,14H,1-5,10-11H2. The van der Waals surface area contributed by atoms with Gasteiger partial charge in [0, 0.05) is 18.0 Å². The Labute approximate surface area is 130 Å². The topological polar surface area (TPSA) is 77.7 Å². The van der Waals surface area contributed by atoms with Crippen molar-refractivity contribution in [2.24, 2.45) is 0 Å². The van der Waals surface area contributed by atoms with Gasteiger partial charge in [-0.25, -0.2) is 8.42 Å². The average Bonchev–Trinajstić information content (AvgIpc) is 3.04. The van der Waals surface area contributed by atoms with Crippen molar-refractivity contribution >= 4 is 9.84 Å². The first-order valence-corrected chi connectivity index (χ1v) is 9.39. The summed E-state index contributed by atoms with van der Waals surface area (Å²) in [5.74, 6) is 0.136. The van der Waals surface area contributed by atoms with E-state index >= 15 is 0 Å². The lowest BCUT2D eigenvalue weighted by atomic mass is 10.0. The van der Waals surface area contributed by atoms with Gasteiger partial charge >= 0.3 is 0 Å². The molecule has 0 spiro atoms. The lowest BCUT2D eigenvalue weighted by Gasteiger charge is -2.21. The van der Waals surface area contributed by atoms with E-state index in [1.54, 1.807) is 23.3 Å². The van der Waals surface area contributed by atoms with Crippen molar-refractivity contribution in [2.75, 3.05) is 5.75 Å². The van der Waals surface area contributed by atoms with E-state index in [4.69, 9.17) is 0 Å². The number of rotatable bonds is 5. The van der Waals surface area contributed by atoms with Gasteiger partial charge in [-0.05, 0) is 25.0 Å². The maximum Gasteiger partial charge on any atom is 0.154 e. The van der Waals surface area contributed by atoms with E-state index in [0.29, 0.717) is 6.54 Å². The average molecular weight is 320 g/mol. The zero-order valence-electron chi connectivity index (χ0n) is 12.4. The molecular formula is C15H20N4O2S. The van der Waals surface area contributed by atoms with Crippen molar-refractivity contribution in [3.8, 4) is 11.3 Å². The van der Waals surface area contributed by atoms with Crippen molar-refractivity contribution in [3.05, 3.63) is 30.7 Å². The highest BCUT2D eigenvalue weighted by Gasteiger charge is 2.26. The monoisotopic (exact) mass is 320 g/mol. The maximum absolute atomic E-state index is 12.4. The quantitative estimate of drug-likeness (QED) is 0.843. The Morgan fingerprint density at radius 3 is 2.59 bits per heavy atom. The molecule has 2 aromatic rings. The van der Waals surface area contributed by atoms with Crippen LogP contribution in [0.2, 0.25) is 0 Å². The third-order valence-corrected chi connectivity index (χ3v) is 6.42.